The van der Waals surface area contributed by atoms with Crippen LogP contribution < -0.4 is 14.2 Å². The summed E-state index contributed by atoms with van der Waals surface area (Å²) in [4.78, 5) is 10.6. The molecule has 0 spiro atoms. The van der Waals surface area contributed by atoms with Gasteiger partial charge in [-0.2, -0.15) is 5.10 Å². The van der Waals surface area contributed by atoms with E-state index in [1.165, 1.54) is 32.4 Å². The average molecular weight is 395 g/mol. The van der Waals surface area contributed by atoms with Crippen molar-refractivity contribution in [2.45, 2.75) is 18.7 Å². The first kappa shape index (κ1) is 20.3. The molecule has 1 aromatic heterocycles. The van der Waals surface area contributed by atoms with Crippen LogP contribution in [0.15, 0.2) is 23.1 Å². The van der Waals surface area contributed by atoms with Gasteiger partial charge in [0.15, 0.2) is 11.5 Å². The fourth-order valence-corrected chi connectivity index (χ4v) is 3.92. The molecule has 0 atom stereocenters. The molecule has 9 nitrogen and oxygen atoms in total. The van der Waals surface area contributed by atoms with Gasteiger partial charge in [-0.15, -0.1) is 0 Å². The molecule has 0 amide bonds. The molecule has 0 radical (unpaired) electrons. The Morgan fingerprint density at radius 3 is 2.41 bits per heavy atom. The van der Waals surface area contributed by atoms with Crippen LogP contribution in [0.3, 0.4) is 0 Å². The van der Waals surface area contributed by atoms with Crippen LogP contribution in [0.25, 0.3) is 6.08 Å². The Labute approximate surface area is 157 Å². The Kier molecular flexibility index (Phi) is 5.79. The van der Waals surface area contributed by atoms with Crippen LogP contribution in [0.5, 0.6) is 11.5 Å². The van der Waals surface area contributed by atoms with Crippen molar-refractivity contribution in [3.63, 3.8) is 0 Å². The fraction of sp³-hybridized carbons (Fsp3) is 0.294. The molecule has 27 heavy (non-hydrogen) atoms. The van der Waals surface area contributed by atoms with E-state index in [9.17, 15) is 13.2 Å². The largest absolute Gasteiger partial charge is 0.493 e. The van der Waals surface area contributed by atoms with Crippen LogP contribution in [0.1, 0.15) is 17.0 Å². The maximum atomic E-state index is 13.0. The van der Waals surface area contributed by atoms with E-state index in [0.29, 0.717) is 22.6 Å². The number of hydrogen-bond acceptors (Lipinski definition) is 6. The van der Waals surface area contributed by atoms with Crippen molar-refractivity contribution in [1.29, 1.82) is 0 Å². The van der Waals surface area contributed by atoms with Crippen LogP contribution in [0, 0.1) is 13.8 Å². The van der Waals surface area contributed by atoms with Gasteiger partial charge < -0.3 is 14.6 Å². The summed E-state index contributed by atoms with van der Waals surface area (Å²) in [6.45, 7) is 3.43. The van der Waals surface area contributed by atoms with Crippen LogP contribution in [0.4, 0.5) is 5.69 Å². The number of anilines is 1. The van der Waals surface area contributed by atoms with Crippen LogP contribution >= 0.6 is 0 Å². The van der Waals surface area contributed by atoms with E-state index in [2.05, 4.69) is 9.82 Å². The zero-order chi connectivity index (χ0) is 20.4. The molecule has 0 saturated heterocycles. The summed E-state index contributed by atoms with van der Waals surface area (Å²) in [5.74, 6) is -0.990. The van der Waals surface area contributed by atoms with E-state index >= 15 is 0 Å². The molecule has 0 aliphatic carbocycles. The first-order valence-corrected chi connectivity index (χ1v) is 9.29. The lowest BCUT2D eigenvalue weighted by molar-refractivity contribution is -0.131. The smallest absolute Gasteiger partial charge is 0.328 e. The Hall–Kier alpha value is -3.01. The van der Waals surface area contributed by atoms with Crippen molar-refractivity contribution in [3.05, 3.63) is 35.2 Å². The minimum atomic E-state index is -4.07. The second-order valence-electron chi connectivity index (χ2n) is 5.70. The van der Waals surface area contributed by atoms with Gasteiger partial charge in [-0.3, -0.25) is 9.40 Å². The van der Waals surface area contributed by atoms with E-state index in [1.54, 1.807) is 25.6 Å². The number of nitrogens with one attached hydrogen (secondary N) is 1. The van der Waals surface area contributed by atoms with Crippen molar-refractivity contribution in [1.82, 2.24) is 9.78 Å². The molecule has 0 bridgehead atoms. The van der Waals surface area contributed by atoms with Crippen molar-refractivity contribution in [3.8, 4) is 11.5 Å². The number of benzene rings is 1. The summed E-state index contributed by atoms with van der Waals surface area (Å²) in [5.41, 5.74) is 1.86. The molecule has 2 rings (SSSR count). The van der Waals surface area contributed by atoms with Crippen molar-refractivity contribution >= 4 is 27.8 Å². The lowest BCUT2D eigenvalue weighted by Crippen LogP contribution is -2.16. The molecule has 0 aliphatic rings. The zero-order valence-electron chi connectivity index (χ0n) is 15.6. The molecular weight excluding hydrogens is 374 g/mol. The van der Waals surface area contributed by atoms with E-state index in [1.807, 2.05) is 0 Å². The third kappa shape index (κ3) is 4.22. The number of hydrogen-bond donors (Lipinski definition) is 2. The molecule has 0 aliphatic heterocycles. The number of carboxylic acids is 1. The monoisotopic (exact) mass is 395 g/mol. The third-order valence-electron chi connectivity index (χ3n) is 3.92. The van der Waals surface area contributed by atoms with Crippen molar-refractivity contribution in [2.75, 3.05) is 18.9 Å². The second-order valence-corrected chi connectivity index (χ2v) is 7.35. The number of nitrogens with zero attached hydrogens (tertiary/aromatic N) is 2. The number of carbonyl (C=O) groups is 1. The fourth-order valence-electron chi connectivity index (χ4n) is 2.52. The first-order chi connectivity index (χ1) is 12.6. The van der Waals surface area contributed by atoms with E-state index in [4.69, 9.17) is 14.6 Å². The Morgan fingerprint density at radius 1 is 1.26 bits per heavy atom. The number of carboxylic acid groups (broad SMARTS) is 1. The maximum absolute atomic E-state index is 13.0. The summed E-state index contributed by atoms with van der Waals surface area (Å²) in [7, 11) is 0.325. The maximum Gasteiger partial charge on any atom is 0.328 e. The summed E-state index contributed by atoms with van der Waals surface area (Å²) in [6.07, 6.45) is 2.17. The normalized spacial score (nSPS) is 11.6. The third-order valence-corrected chi connectivity index (χ3v) is 5.28. The predicted molar refractivity (Wildman–Crippen MR) is 99.7 cm³/mol. The van der Waals surface area contributed by atoms with Gasteiger partial charge in [0.05, 0.1) is 31.3 Å². The molecule has 1 aromatic carbocycles. The van der Waals surface area contributed by atoms with Crippen molar-refractivity contribution in [2.24, 2.45) is 7.05 Å². The summed E-state index contributed by atoms with van der Waals surface area (Å²) >= 11 is 0. The molecule has 0 saturated carbocycles. The van der Waals surface area contributed by atoms with Gasteiger partial charge in [-0.05, 0) is 37.6 Å². The van der Waals surface area contributed by atoms with Crippen molar-refractivity contribution < 1.29 is 27.8 Å². The van der Waals surface area contributed by atoms with Gasteiger partial charge in [0.2, 0.25) is 0 Å². The van der Waals surface area contributed by atoms with Gasteiger partial charge >= 0.3 is 5.97 Å². The molecular formula is C17H21N3O6S. The lowest BCUT2D eigenvalue weighted by Gasteiger charge is -2.15. The highest BCUT2D eigenvalue weighted by Crippen LogP contribution is 2.37. The summed E-state index contributed by atoms with van der Waals surface area (Å²) in [6, 6.07) is 2.79. The van der Waals surface area contributed by atoms with Gasteiger partial charge in [0, 0.05) is 13.1 Å². The quantitative estimate of drug-likeness (QED) is 0.688. The molecule has 2 N–H and O–H groups in total. The van der Waals surface area contributed by atoms with Gasteiger partial charge in [-0.25, -0.2) is 13.2 Å². The number of rotatable bonds is 7. The first-order valence-electron chi connectivity index (χ1n) is 7.80. The standard InChI is InChI=1S/C17H21N3O6S/c1-10-16(11(2)20(3)18-10)19-27(23,24)14-9-12(6-7-15(21)22)8-13(25-4)17(14)26-5/h6-9,19H,1-5H3,(H,21,22). The Morgan fingerprint density at radius 2 is 1.93 bits per heavy atom. The minimum Gasteiger partial charge on any atom is -0.493 e. The van der Waals surface area contributed by atoms with Crippen LogP contribution in [-0.2, 0) is 21.9 Å². The van der Waals surface area contributed by atoms with E-state index in [-0.39, 0.29) is 16.4 Å². The highest BCUT2D eigenvalue weighted by Gasteiger charge is 2.26. The molecule has 0 fully saturated rings. The van der Waals surface area contributed by atoms with E-state index < -0.39 is 16.0 Å². The number of aliphatic carboxylic acids is 1. The number of methoxy groups -OCH3 is 2. The van der Waals surface area contributed by atoms with Gasteiger partial charge in [0.1, 0.15) is 4.90 Å². The minimum absolute atomic E-state index is 0.0108. The zero-order valence-corrected chi connectivity index (χ0v) is 16.4. The lowest BCUT2D eigenvalue weighted by atomic mass is 10.2. The molecule has 10 heteroatoms. The van der Waals surface area contributed by atoms with Crippen LogP contribution in [0.2, 0.25) is 0 Å². The molecule has 0 unspecified atom stereocenters. The number of aryl methyl sites for hydroxylation is 2. The van der Waals surface area contributed by atoms with Crippen LogP contribution in [-0.4, -0.2) is 43.5 Å². The Balaban J connectivity index is 2.62. The molecule has 2 aromatic rings. The average Bonchev–Trinajstić information content (AvgIpc) is 2.84. The molecule has 1 heterocycles. The topological polar surface area (TPSA) is 120 Å². The van der Waals surface area contributed by atoms with Gasteiger partial charge in [0.25, 0.3) is 10.0 Å². The highest BCUT2D eigenvalue weighted by molar-refractivity contribution is 7.92. The Bertz CT molecular complexity index is 1010. The second kappa shape index (κ2) is 7.70. The molecule has 146 valence electrons. The number of aromatic nitrogens is 2. The summed E-state index contributed by atoms with van der Waals surface area (Å²) < 4.78 is 40.6. The summed E-state index contributed by atoms with van der Waals surface area (Å²) in [5, 5.41) is 13.0. The number of ether oxygens (including phenoxy) is 2. The van der Waals surface area contributed by atoms with E-state index in [0.717, 1.165) is 6.08 Å². The SMILES string of the molecule is COc1cc(C=CC(=O)O)cc(S(=O)(=O)Nc2c(C)nn(C)c2C)c1OC. The highest BCUT2D eigenvalue weighted by atomic mass is 32.2. The van der Waals surface area contributed by atoms with Gasteiger partial charge in [-0.1, -0.05) is 0 Å². The predicted octanol–water partition coefficient (Wildman–Crippen LogP) is 1.95. The number of sulfonamides is 1.